The number of hydrogen-bond acceptors (Lipinski definition) is 2. The molecule has 3 rings (SSSR count). The Hall–Kier alpha value is -1.81. The number of fused-ring (bicyclic) bond motifs is 1. The third kappa shape index (κ3) is 1.99. The molecule has 2 aromatic heterocycles. The van der Waals surface area contributed by atoms with Crippen LogP contribution < -0.4 is 5.73 Å². The molecule has 1 aliphatic rings. The number of ether oxygens (including phenoxy) is 1. The van der Waals surface area contributed by atoms with E-state index >= 15 is 0 Å². The van der Waals surface area contributed by atoms with E-state index in [1.165, 1.54) is 5.56 Å². The number of aromatic nitrogens is 1. The molecular weight excluding hydrogens is 228 g/mol. The van der Waals surface area contributed by atoms with Crippen LogP contribution in [0.5, 0.6) is 0 Å². The fraction of sp³-hybridized carbons (Fsp3) is 0.357. The Morgan fingerprint density at radius 1 is 1.33 bits per heavy atom. The first-order chi connectivity index (χ1) is 8.74. The Labute approximate surface area is 105 Å². The van der Waals surface area contributed by atoms with Crippen molar-refractivity contribution in [3.05, 3.63) is 41.7 Å². The number of pyridine rings is 1. The van der Waals surface area contributed by atoms with E-state index in [1.807, 2.05) is 16.7 Å². The zero-order valence-corrected chi connectivity index (χ0v) is 10.1. The van der Waals surface area contributed by atoms with E-state index in [0.717, 1.165) is 31.6 Å². The molecule has 0 radical (unpaired) electrons. The highest BCUT2D eigenvalue weighted by Crippen LogP contribution is 2.28. The number of nitrogens with two attached hydrogens (primary N) is 1. The molecule has 4 heteroatoms. The number of rotatable bonds is 2. The van der Waals surface area contributed by atoms with Gasteiger partial charge in [-0.2, -0.15) is 0 Å². The van der Waals surface area contributed by atoms with Gasteiger partial charge in [0.1, 0.15) is 0 Å². The summed E-state index contributed by atoms with van der Waals surface area (Å²) in [4.78, 5) is 11.1. The second-order valence-corrected chi connectivity index (χ2v) is 4.77. The number of primary amides is 1. The summed E-state index contributed by atoms with van der Waals surface area (Å²) >= 11 is 0. The lowest BCUT2D eigenvalue weighted by Crippen LogP contribution is -2.13. The molecule has 0 unspecified atom stereocenters. The molecule has 0 atom stereocenters. The van der Waals surface area contributed by atoms with E-state index in [4.69, 9.17) is 10.5 Å². The largest absolute Gasteiger partial charge is 0.381 e. The van der Waals surface area contributed by atoms with Crippen molar-refractivity contribution < 1.29 is 9.53 Å². The smallest absolute Gasteiger partial charge is 0.248 e. The van der Waals surface area contributed by atoms with Crippen molar-refractivity contribution in [3.8, 4) is 0 Å². The Bertz CT molecular complexity index is 582. The molecule has 18 heavy (non-hydrogen) atoms. The second-order valence-electron chi connectivity index (χ2n) is 4.77. The van der Waals surface area contributed by atoms with Crippen LogP contribution in [-0.2, 0) is 4.74 Å². The number of nitrogens with zero attached hydrogens (tertiary/aromatic N) is 1. The summed E-state index contributed by atoms with van der Waals surface area (Å²) in [6, 6.07) is 5.73. The van der Waals surface area contributed by atoms with Crippen LogP contribution in [0.3, 0.4) is 0 Å². The summed E-state index contributed by atoms with van der Waals surface area (Å²) in [5.74, 6) is 0.182. The molecule has 2 N–H and O–H groups in total. The quantitative estimate of drug-likeness (QED) is 0.877. The lowest BCUT2D eigenvalue weighted by molar-refractivity contribution is 0.0853. The van der Waals surface area contributed by atoms with Gasteiger partial charge in [0.15, 0.2) is 0 Å². The van der Waals surface area contributed by atoms with Crippen molar-refractivity contribution in [1.29, 1.82) is 0 Å². The zero-order valence-electron chi connectivity index (χ0n) is 10.1. The molecule has 0 saturated carbocycles. The van der Waals surface area contributed by atoms with Crippen LogP contribution in [0.4, 0.5) is 0 Å². The Balaban J connectivity index is 1.97. The van der Waals surface area contributed by atoms with Crippen LogP contribution >= 0.6 is 0 Å². The molecule has 4 nitrogen and oxygen atoms in total. The van der Waals surface area contributed by atoms with Crippen LogP contribution in [0.1, 0.15) is 34.7 Å². The van der Waals surface area contributed by atoms with Gasteiger partial charge in [0.05, 0.1) is 0 Å². The summed E-state index contributed by atoms with van der Waals surface area (Å²) in [6.45, 7) is 1.67. The minimum atomic E-state index is -0.383. The fourth-order valence-electron chi connectivity index (χ4n) is 2.54. The van der Waals surface area contributed by atoms with Gasteiger partial charge >= 0.3 is 0 Å². The summed E-state index contributed by atoms with van der Waals surface area (Å²) < 4.78 is 7.42. The monoisotopic (exact) mass is 244 g/mol. The summed E-state index contributed by atoms with van der Waals surface area (Å²) in [7, 11) is 0. The summed E-state index contributed by atoms with van der Waals surface area (Å²) in [5.41, 5.74) is 8.18. The maximum absolute atomic E-state index is 11.1. The highest BCUT2D eigenvalue weighted by Gasteiger charge is 2.17. The first-order valence-corrected chi connectivity index (χ1v) is 6.23. The standard InChI is InChI=1S/C14H16N2O2/c15-14(17)11-1-4-16-9-12(8-13(16)7-11)10-2-5-18-6-3-10/h1,4,7-10H,2-3,5-6H2,(H2,15,17). The van der Waals surface area contributed by atoms with E-state index in [1.54, 1.807) is 6.07 Å². The van der Waals surface area contributed by atoms with Gasteiger partial charge in [0.25, 0.3) is 0 Å². The van der Waals surface area contributed by atoms with Gasteiger partial charge in [0.2, 0.25) is 5.91 Å². The second kappa shape index (κ2) is 4.46. The van der Waals surface area contributed by atoms with Crippen molar-refractivity contribution in [2.75, 3.05) is 13.2 Å². The normalized spacial score (nSPS) is 17.1. The molecule has 0 spiro atoms. The van der Waals surface area contributed by atoms with E-state index in [9.17, 15) is 4.79 Å². The zero-order chi connectivity index (χ0) is 12.5. The minimum Gasteiger partial charge on any atom is -0.381 e. The molecule has 3 heterocycles. The molecule has 94 valence electrons. The van der Waals surface area contributed by atoms with Gasteiger partial charge < -0.3 is 14.9 Å². The maximum Gasteiger partial charge on any atom is 0.248 e. The SMILES string of the molecule is NC(=O)c1ccn2cc(C3CCOCC3)cc2c1. The van der Waals surface area contributed by atoms with Gasteiger partial charge in [-0.15, -0.1) is 0 Å². The van der Waals surface area contributed by atoms with Crippen molar-refractivity contribution in [2.24, 2.45) is 5.73 Å². The van der Waals surface area contributed by atoms with E-state index in [2.05, 4.69) is 12.3 Å². The Morgan fingerprint density at radius 2 is 2.11 bits per heavy atom. The van der Waals surface area contributed by atoms with Gasteiger partial charge in [-0.3, -0.25) is 4.79 Å². The Kier molecular flexibility index (Phi) is 2.80. The van der Waals surface area contributed by atoms with Crippen molar-refractivity contribution >= 4 is 11.4 Å². The van der Waals surface area contributed by atoms with Gasteiger partial charge in [-0.1, -0.05) is 0 Å². The molecule has 1 amide bonds. The molecule has 1 aliphatic heterocycles. The number of amides is 1. The van der Waals surface area contributed by atoms with Crippen LogP contribution in [0.15, 0.2) is 30.6 Å². The summed E-state index contributed by atoms with van der Waals surface area (Å²) in [5, 5.41) is 0. The van der Waals surface area contributed by atoms with Gasteiger partial charge in [0, 0.05) is 36.7 Å². The number of hydrogen-bond donors (Lipinski definition) is 1. The first kappa shape index (κ1) is 11.3. The van der Waals surface area contributed by atoms with E-state index in [0.29, 0.717) is 11.5 Å². The molecule has 1 saturated heterocycles. The van der Waals surface area contributed by atoms with Gasteiger partial charge in [-0.05, 0) is 42.5 Å². The highest BCUT2D eigenvalue weighted by molar-refractivity contribution is 5.93. The van der Waals surface area contributed by atoms with Crippen molar-refractivity contribution in [2.45, 2.75) is 18.8 Å². The average Bonchev–Trinajstić information content (AvgIpc) is 2.82. The first-order valence-electron chi connectivity index (χ1n) is 6.23. The van der Waals surface area contributed by atoms with Crippen LogP contribution in [-0.4, -0.2) is 23.5 Å². The molecule has 0 bridgehead atoms. The molecule has 0 aliphatic carbocycles. The third-order valence-electron chi connectivity index (χ3n) is 3.60. The lowest BCUT2D eigenvalue weighted by Gasteiger charge is -2.20. The number of carbonyl (C=O) groups excluding carboxylic acids is 1. The topological polar surface area (TPSA) is 56.7 Å². The van der Waals surface area contributed by atoms with E-state index < -0.39 is 0 Å². The van der Waals surface area contributed by atoms with Crippen molar-refractivity contribution in [1.82, 2.24) is 4.40 Å². The maximum atomic E-state index is 11.1. The molecule has 1 fully saturated rings. The molecule has 2 aromatic rings. The van der Waals surface area contributed by atoms with Crippen LogP contribution in [0, 0.1) is 0 Å². The predicted octanol–water partition coefficient (Wildman–Crippen LogP) is 1.93. The third-order valence-corrected chi connectivity index (χ3v) is 3.60. The lowest BCUT2D eigenvalue weighted by atomic mass is 9.94. The van der Waals surface area contributed by atoms with Crippen LogP contribution in [0.25, 0.3) is 5.52 Å². The van der Waals surface area contributed by atoms with Crippen LogP contribution in [0.2, 0.25) is 0 Å². The molecular formula is C14H16N2O2. The highest BCUT2D eigenvalue weighted by atomic mass is 16.5. The fourth-order valence-corrected chi connectivity index (χ4v) is 2.54. The Morgan fingerprint density at radius 3 is 2.83 bits per heavy atom. The minimum absolute atomic E-state index is 0.383. The van der Waals surface area contributed by atoms with Gasteiger partial charge in [-0.25, -0.2) is 0 Å². The predicted molar refractivity (Wildman–Crippen MR) is 68.7 cm³/mol. The van der Waals surface area contributed by atoms with Crippen molar-refractivity contribution in [3.63, 3.8) is 0 Å². The van der Waals surface area contributed by atoms with E-state index in [-0.39, 0.29) is 5.91 Å². The molecule has 0 aromatic carbocycles. The number of carbonyl (C=O) groups is 1. The average molecular weight is 244 g/mol. The summed E-state index contributed by atoms with van der Waals surface area (Å²) in [6.07, 6.45) is 6.16.